The van der Waals surface area contributed by atoms with Crippen molar-refractivity contribution < 1.29 is 14.3 Å². The molecule has 1 N–H and O–H groups in total. The molecule has 1 atom stereocenters. The molecular weight excluding hydrogens is 352 g/mol. The molecule has 1 aliphatic heterocycles. The fraction of sp³-hybridized carbons (Fsp3) is 0.391. The molecule has 0 unspecified atom stereocenters. The van der Waals surface area contributed by atoms with Crippen molar-refractivity contribution in [3.05, 3.63) is 59.7 Å². The number of carbonyl (C=O) groups excluding carboxylic acids is 2. The number of ether oxygens (including phenoxy) is 1. The Morgan fingerprint density at radius 2 is 1.89 bits per heavy atom. The fourth-order valence-electron chi connectivity index (χ4n) is 3.39. The van der Waals surface area contributed by atoms with Crippen LogP contribution in [-0.2, 0) is 22.6 Å². The van der Waals surface area contributed by atoms with E-state index in [0.29, 0.717) is 13.1 Å². The number of amides is 2. The number of benzene rings is 2. The van der Waals surface area contributed by atoms with E-state index < -0.39 is 0 Å². The maximum atomic E-state index is 12.6. The SMILES string of the molecule is CCc1ccc(N2C[C@@H](C(=O)NCc3ccccc3OC(C)C)CC2=O)cc1. The molecule has 3 rings (SSSR count). The van der Waals surface area contributed by atoms with Crippen molar-refractivity contribution in [3.8, 4) is 5.75 Å². The number of carbonyl (C=O) groups is 2. The topological polar surface area (TPSA) is 58.6 Å². The molecule has 0 aromatic heterocycles. The summed E-state index contributed by atoms with van der Waals surface area (Å²) in [4.78, 5) is 26.8. The molecule has 1 fully saturated rings. The van der Waals surface area contributed by atoms with Crippen LogP contribution >= 0.6 is 0 Å². The number of nitrogens with zero attached hydrogens (tertiary/aromatic N) is 1. The van der Waals surface area contributed by atoms with Crippen LogP contribution in [0.5, 0.6) is 5.75 Å². The first-order chi connectivity index (χ1) is 13.5. The molecule has 1 heterocycles. The first-order valence-corrected chi connectivity index (χ1v) is 9.89. The molecule has 2 amide bonds. The highest BCUT2D eigenvalue weighted by Crippen LogP contribution is 2.26. The zero-order valence-electron chi connectivity index (χ0n) is 16.8. The van der Waals surface area contributed by atoms with Gasteiger partial charge < -0.3 is 15.0 Å². The van der Waals surface area contributed by atoms with E-state index in [-0.39, 0.29) is 30.3 Å². The molecule has 0 aliphatic carbocycles. The Morgan fingerprint density at radius 1 is 1.18 bits per heavy atom. The molecule has 2 aromatic rings. The van der Waals surface area contributed by atoms with E-state index in [2.05, 4.69) is 12.2 Å². The van der Waals surface area contributed by atoms with Gasteiger partial charge in [0.1, 0.15) is 5.75 Å². The van der Waals surface area contributed by atoms with Gasteiger partial charge in [-0.3, -0.25) is 9.59 Å². The quantitative estimate of drug-likeness (QED) is 0.797. The highest BCUT2D eigenvalue weighted by atomic mass is 16.5. The monoisotopic (exact) mass is 380 g/mol. The van der Waals surface area contributed by atoms with Crippen molar-refractivity contribution in [2.45, 2.75) is 46.3 Å². The van der Waals surface area contributed by atoms with Crippen LogP contribution in [0.1, 0.15) is 38.3 Å². The fourth-order valence-corrected chi connectivity index (χ4v) is 3.39. The Balaban J connectivity index is 1.60. The number of hydrogen-bond donors (Lipinski definition) is 1. The minimum atomic E-state index is -0.337. The van der Waals surface area contributed by atoms with Crippen LogP contribution in [0, 0.1) is 5.92 Å². The van der Waals surface area contributed by atoms with Crippen LogP contribution < -0.4 is 15.0 Å². The van der Waals surface area contributed by atoms with Gasteiger partial charge in [-0.05, 0) is 44.0 Å². The number of aryl methyl sites for hydroxylation is 1. The predicted octanol–water partition coefficient (Wildman–Crippen LogP) is 3.71. The van der Waals surface area contributed by atoms with E-state index >= 15 is 0 Å². The van der Waals surface area contributed by atoms with Crippen molar-refractivity contribution in [1.82, 2.24) is 5.32 Å². The van der Waals surface area contributed by atoms with E-state index in [9.17, 15) is 9.59 Å². The summed E-state index contributed by atoms with van der Waals surface area (Å²) >= 11 is 0. The third kappa shape index (κ3) is 4.71. The molecule has 148 valence electrons. The van der Waals surface area contributed by atoms with Gasteiger partial charge in [-0.1, -0.05) is 37.3 Å². The Hall–Kier alpha value is -2.82. The van der Waals surface area contributed by atoms with Crippen LogP contribution in [0.25, 0.3) is 0 Å². The highest BCUT2D eigenvalue weighted by Gasteiger charge is 2.35. The van der Waals surface area contributed by atoms with Crippen LogP contribution in [-0.4, -0.2) is 24.5 Å². The minimum Gasteiger partial charge on any atom is -0.491 e. The predicted molar refractivity (Wildman–Crippen MR) is 110 cm³/mol. The normalized spacial score (nSPS) is 16.5. The summed E-state index contributed by atoms with van der Waals surface area (Å²) < 4.78 is 5.80. The smallest absolute Gasteiger partial charge is 0.227 e. The summed E-state index contributed by atoms with van der Waals surface area (Å²) in [5.74, 6) is 0.336. The molecule has 0 spiro atoms. The summed E-state index contributed by atoms with van der Waals surface area (Å²) in [5, 5.41) is 2.97. The van der Waals surface area contributed by atoms with Crippen molar-refractivity contribution >= 4 is 17.5 Å². The van der Waals surface area contributed by atoms with Crippen LogP contribution in [0.2, 0.25) is 0 Å². The molecule has 5 heteroatoms. The lowest BCUT2D eigenvalue weighted by molar-refractivity contribution is -0.126. The van der Waals surface area contributed by atoms with Crippen LogP contribution in [0.15, 0.2) is 48.5 Å². The molecule has 0 saturated carbocycles. The molecule has 0 bridgehead atoms. The maximum Gasteiger partial charge on any atom is 0.227 e. The van der Waals surface area contributed by atoms with Crippen LogP contribution in [0.4, 0.5) is 5.69 Å². The van der Waals surface area contributed by atoms with Crippen molar-refractivity contribution in [3.63, 3.8) is 0 Å². The third-order valence-corrected chi connectivity index (χ3v) is 4.94. The number of rotatable bonds is 7. The number of para-hydroxylation sites is 1. The van der Waals surface area contributed by atoms with E-state index in [4.69, 9.17) is 4.74 Å². The molecule has 1 aliphatic rings. The molecule has 0 radical (unpaired) electrons. The summed E-state index contributed by atoms with van der Waals surface area (Å²) in [6, 6.07) is 15.7. The molecule has 1 saturated heterocycles. The summed E-state index contributed by atoms with van der Waals surface area (Å²) in [6.07, 6.45) is 1.27. The zero-order chi connectivity index (χ0) is 20.1. The zero-order valence-corrected chi connectivity index (χ0v) is 16.8. The lowest BCUT2D eigenvalue weighted by Crippen LogP contribution is -2.32. The number of nitrogens with one attached hydrogen (secondary N) is 1. The van der Waals surface area contributed by atoms with Gasteiger partial charge in [-0.15, -0.1) is 0 Å². The summed E-state index contributed by atoms with van der Waals surface area (Å²) in [7, 11) is 0. The third-order valence-electron chi connectivity index (χ3n) is 4.94. The Kier molecular flexibility index (Phi) is 6.34. The summed E-state index contributed by atoms with van der Waals surface area (Å²) in [5.41, 5.74) is 3.01. The molecular formula is C23H28N2O3. The average Bonchev–Trinajstić information content (AvgIpc) is 3.08. The van der Waals surface area contributed by atoms with Gasteiger partial charge >= 0.3 is 0 Å². The number of hydrogen-bond acceptors (Lipinski definition) is 3. The van der Waals surface area contributed by atoms with E-state index in [1.54, 1.807) is 4.90 Å². The van der Waals surface area contributed by atoms with Gasteiger partial charge in [-0.25, -0.2) is 0 Å². The second-order valence-corrected chi connectivity index (χ2v) is 7.42. The van der Waals surface area contributed by atoms with E-state index in [0.717, 1.165) is 23.4 Å². The van der Waals surface area contributed by atoms with Gasteiger partial charge in [0.15, 0.2) is 0 Å². The van der Waals surface area contributed by atoms with Crippen molar-refractivity contribution in [2.24, 2.45) is 5.92 Å². The minimum absolute atomic E-state index is 0.00654. The second kappa shape index (κ2) is 8.91. The van der Waals surface area contributed by atoms with Gasteiger partial charge in [0.25, 0.3) is 0 Å². The lowest BCUT2D eigenvalue weighted by Gasteiger charge is -2.18. The van der Waals surface area contributed by atoms with E-state index in [1.165, 1.54) is 5.56 Å². The van der Waals surface area contributed by atoms with Crippen molar-refractivity contribution in [1.29, 1.82) is 0 Å². The van der Waals surface area contributed by atoms with Gasteiger partial charge in [-0.2, -0.15) is 0 Å². The first-order valence-electron chi connectivity index (χ1n) is 9.89. The molecule has 5 nitrogen and oxygen atoms in total. The maximum absolute atomic E-state index is 12.6. The number of anilines is 1. The first kappa shape index (κ1) is 19.9. The Morgan fingerprint density at radius 3 is 2.57 bits per heavy atom. The van der Waals surface area contributed by atoms with Crippen molar-refractivity contribution in [2.75, 3.05) is 11.4 Å². The second-order valence-electron chi connectivity index (χ2n) is 7.42. The van der Waals surface area contributed by atoms with Gasteiger partial charge in [0, 0.05) is 30.8 Å². The molecule has 28 heavy (non-hydrogen) atoms. The van der Waals surface area contributed by atoms with Gasteiger partial charge in [0.05, 0.1) is 12.0 Å². The van der Waals surface area contributed by atoms with Gasteiger partial charge in [0.2, 0.25) is 11.8 Å². The lowest BCUT2D eigenvalue weighted by atomic mass is 10.1. The Bertz CT molecular complexity index is 830. The highest BCUT2D eigenvalue weighted by molar-refractivity contribution is 6.00. The largest absolute Gasteiger partial charge is 0.491 e. The standard InChI is InChI=1S/C23H28N2O3/c1-4-17-9-11-20(12-10-17)25-15-19(13-22(25)26)23(27)24-14-18-7-5-6-8-21(18)28-16(2)3/h5-12,16,19H,4,13-15H2,1-3H3,(H,24,27)/t19-/m0/s1. The van der Waals surface area contributed by atoms with E-state index in [1.807, 2.05) is 62.4 Å². The average molecular weight is 380 g/mol. The molecule has 2 aromatic carbocycles. The van der Waals surface area contributed by atoms with Crippen LogP contribution in [0.3, 0.4) is 0 Å². The Labute approximate surface area is 166 Å². The summed E-state index contributed by atoms with van der Waals surface area (Å²) in [6.45, 7) is 6.85.